The molecule has 1 unspecified atom stereocenters. The van der Waals surface area contributed by atoms with Crippen LogP contribution in [0.3, 0.4) is 0 Å². The number of amides is 2. The lowest BCUT2D eigenvalue weighted by Crippen LogP contribution is -2.58. The van der Waals surface area contributed by atoms with Gasteiger partial charge < -0.3 is 15.0 Å². The van der Waals surface area contributed by atoms with E-state index < -0.39 is 5.54 Å². The monoisotopic (exact) mass is 211 g/mol. The zero-order valence-electron chi connectivity index (χ0n) is 9.19. The van der Waals surface area contributed by atoms with E-state index in [9.17, 15) is 9.59 Å². The molecule has 0 bridgehead atoms. The van der Waals surface area contributed by atoms with Gasteiger partial charge in [-0.1, -0.05) is 0 Å². The van der Waals surface area contributed by atoms with Crippen LogP contribution in [0, 0.1) is 0 Å². The lowest BCUT2D eigenvalue weighted by molar-refractivity contribution is -0.118. The summed E-state index contributed by atoms with van der Waals surface area (Å²) in [6.07, 6.45) is 0.979. The summed E-state index contributed by atoms with van der Waals surface area (Å²) in [5.74, 6) is 0. The predicted molar refractivity (Wildman–Crippen MR) is 55.6 cm³/mol. The lowest BCUT2D eigenvalue weighted by Gasteiger charge is -2.42. The van der Waals surface area contributed by atoms with Crippen LogP contribution in [0.1, 0.15) is 13.8 Å². The van der Waals surface area contributed by atoms with Gasteiger partial charge in [-0.2, -0.15) is 0 Å². The van der Waals surface area contributed by atoms with Gasteiger partial charge in [0.05, 0.1) is 11.6 Å². The van der Waals surface area contributed by atoms with E-state index in [0.717, 1.165) is 19.4 Å². The maximum absolute atomic E-state index is 11.4. The van der Waals surface area contributed by atoms with Crippen LogP contribution in [0.15, 0.2) is 0 Å². The highest BCUT2D eigenvalue weighted by atomic mass is 16.2. The molecule has 2 amide bonds. The van der Waals surface area contributed by atoms with E-state index in [1.54, 1.807) is 0 Å². The molecule has 0 aromatic carbocycles. The molecule has 1 atom stereocenters. The van der Waals surface area contributed by atoms with Gasteiger partial charge in [0, 0.05) is 26.2 Å². The molecule has 2 aliphatic heterocycles. The number of rotatable bonds is 2. The summed E-state index contributed by atoms with van der Waals surface area (Å²) in [6, 6.07) is 0.258. The summed E-state index contributed by atoms with van der Waals surface area (Å²) in [4.78, 5) is 26.3. The van der Waals surface area contributed by atoms with E-state index in [1.165, 1.54) is 0 Å². The molecule has 0 aromatic heterocycles. The van der Waals surface area contributed by atoms with Gasteiger partial charge in [0.1, 0.15) is 6.29 Å². The quantitative estimate of drug-likeness (QED) is 0.636. The minimum Gasteiger partial charge on any atom is -0.336 e. The Kier molecular flexibility index (Phi) is 2.42. The fourth-order valence-electron chi connectivity index (χ4n) is 2.20. The second kappa shape index (κ2) is 3.48. The highest BCUT2D eigenvalue weighted by molar-refractivity contribution is 5.77. The Bertz CT molecular complexity index is 290. The Balaban J connectivity index is 2.05. The third kappa shape index (κ3) is 1.71. The molecule has 2 saturated heterocycles. The van der Waals surface area contributed by atoms with Crippen molar-refractivity contribution in [3.63, 3.8) is 0 Å². The zero-order chi connectivity index (χ0) is 11.1. The van der Waals surface area contributed by atoms with Crippen molar-refractivity contribution in [3.05, 3.63) is 0 Å². The summed E-state index contributed by atoms with van der Waals surface area (Å²) in [5, 5.41) is 2.82. The van der Waals surface area contributed by atoms with Crippen LogP contribution in [-0.4, -0.2) is 59.9 Å². The Morgan fingerprint density at radius 1 is 1.47 bits per heavy atom. The van der Waals surface area contributed by atoms with E-state index in [1.807, 2.05) is 18.7 Å². The number of aldehydes is 1. The number of carbonyl (C=O) groups excluding carboxylic acids is 2. The normalized spacial score (nSPS) is 27.5. The lowest BCUT2D eigenvalue weighted by atomic mass is 10.0. The van der Waals surface area contributed by atoms with Gasteiger partial charge >= 0.3 is 6.03 Å². The number of hydrogen-bond acceptors (Lipinski definition) is 3. The fraction of sp³-hybridized carbons (Fsp3) is 0.800. The molecule has 0 aliphatic carbocycles. The van der Waals surface area contributed by atoms with Crippen molar-refractivity contribution in [1.29, 1.82) is 0 Å². The van der Waals surface area contributed by atoms with Crippen LogP contribution in [0.5, 0.6) is 0 Å². The van der Waals surface area contributed by atoms with Crippen molar-refractivity contribution in [2.75, 3.05) is 26.2 Å². The van der Waals surface area contributed by atoms with Crippen molar-refractivity contribution in [3.8, 4) is 0 Å². The SMILES string of the molecule is CC(C)(C=O)N1CCN2C(=O)NCC2C1. The van der Waals surface area contributed by atoms with Crippen LogP contribution in [-0.2, 0) is 4.79 Å². The number of urea groups is 1. The van der Waals surface area contributed by atoms with Crippen LogP contribution >= 0.6 is 0 Å². The minimum absolute atomic E-state index is 0.0311. The molecule has 2 fully saturated rings. The Morgan fingerprint density at radius 2 is 2.20 bits per heavy atom. The van der Waals surface area contributed by atoms with Gasteiger partial charge in [-0.05, 0) is 13.8 Å². The largest absolute Gasteiger partial charge is 0.336 e. The van der Waals surface area contributed by atoms with Crippen molar-refractivity contribution >= 4 is 12.3 Å². The molecule has 15 heavy (non-hydrogen) atoms. The summed E-state index contributed by atoms with van der Waals surface area (Å²) in [5.41, 5.74) is -0.419. The van der Waals surface area contributed by atoms with E-state index >= 15 is 0 Å². The van der Waals surface area contributed by atoms with E-state index in [0.29, 0.717) is 13.1 Å². The van der Waals surface area contributed by atoms with Gasteiger partial charge in [0.25, 0.3) is 0 Å². The van der Waals surface area contributed by atoms with E-state index in [-0.39, 0.29) is 12.1 Å². The Hall–Kier alpha value is -1.10. The molecule has 2 aliphatic rings. The number of carbonyl (C=O) groups is 2. The highest BCUT2D eigenvalue weighted by Gasteiger charge is 2.39. The zero-order valence-corrected chi connectivity index (χ0v) is 9.19. The predicted octanol–water partition coefficient (Wildman–Crippen LogP) is -0.327. The van der Waals surface area contributed by atoms with Crippen molar-refractivity contribution in [1.82, 2.24) is 15.1 Å². The van der Waals surface area contributed by atoms with Gasteiger partial charge in [0.2, 0.25) is 0 Å². The van der Waals surface area contributed by atoms with Gasteiger partial charge in [-0.3, -0.25) is 4.90 Å². The number of fused-ring (bicyclic) bond motifs is 1. The third-order valence-electron chi connectivity index (χ3n) is 3.34. The number of piperazine rings is 1. The first-order valence-electron chi connectivity index (χ1n) is 5.30. The maximum atomic E-state index is 11.4. The fourth-order valence-corrected chi connectivity index (χ4v) is 2.20. The van der Waals surface area contributed by atoms with E-state index in [2.05, 4.69) is 10.2 Å². The molecule has 84 valence electrons. The van der Waals surface area contributed by atoms with Crippen LogP contribution in [0.25, 0.3) is 0 Å². The summed E-state index contributed by atoms with van der Waals surface area (Å²) in [7, 11) is 0. The average molecular weight is 211 g/mol. The highest BCUT2D eigenvalue weighted by Crippen LogP contribution is 2.20. The minimum atomic E-state index is -0.419. The molecule has 0 saturated carbocycles. The molecule has 5 heteroatoms. The van der Waals surface area contributed by atoms with Crippen molar-refractivity contribution < 1.29 is 9.59 Å². The summed E-state index contributed by atoms with van der Waals surface area (Å²) >= 11 is 0. The molecule has 1 N–H and O–H groups in total. The Morgan fingerprint density at radius 3 is 2.87 bits per heavy atom. The average Bonchev–Trinajstić information content (AvgIpc) is 2.60. The number of hydrogen-bond donors (Lipinski definition) is 1. The second-order valence-corrected chi connectivity index (χ2v) is 4.75. The first kappa shape index (κ1) is 10.4. The molecule has 5 nitrogen and oxygen atoms in total. The summed E-state index contributed by atoms with van der Waals surface area (Å²) in [6.45, 7) is 6.80. The standard InChI is InChI=1S/C10H17N3O2/c1-10(2,7-14)12-3-4-13-8(6-12)5-11-9(13)15/h7-8H,3-6H2,1-2H3,(H,11,15). The first-order valence-corrected chi connectivity index (χ1v) is 5.30. The second-order valence-electron chi connectivity index (χ2n) is 4.75. The van der Waals surface area contributed by atoms with E-state index in [4.69, 9.17) is 0 Å². The molecular formula is C10H17N3O2. The van der Waals surface area contributed by atoms with Crippen LogP contribution < -0.4 is 5.32 Å². The van der Waals surface area contributed by atoms with Crippen LogP contribution in [0.4, 0.5) is 4.79 Å². The number of nitrogens with zero attached hydrogens (tertiary/aromatic N) is 2. The van der Waals surface area contributed by atoms with Gasteiger partial charge in [0.15, 0.2) is 0 Å². The van der Waals surface area contributed by atoms with Gasteiger partial charge in [-0.15, -0.1) is 0 Å². The van der Waals surface area contributed by atoms with Crippen LogP contribution in [0.2, 0.25) is 0 Å². The van der Waals surface area contributed by atoms with Crippen molar-refractivity contribution in [2.45, 2.75) is 25.4 Å². The third-order valence-corrected chi connectivity index (χ3v) is 3.34. The topological polar surface area (TPSA) is 52.7 Å². The maximum Gasteiger partial charge on any atom is 0.317 e. The first-order chi connectivity index (χ1) is 7.04. The van der Waals surface area contributed by atoms with Crippen molar-refractivity contribution in [2.24, 2.45) is 0 Å². The Labute approximate surface area is 89.4 Å². The van der Waals surface area contributed by atoms with Gasteiger partial charge in [-0.25, -0.2) is 4.79 Å². The molecule has 2 rings (SSSR count). The molecule has 0 radical (unpaired) electrons. The summed E-state index contributed by atoms with van der Waals surface area (Å²) < 4.78 is 0. The number of nitrogens with one attached hydrogen (secondary N) is 1. The molecular weight excluding hydrogens is 194 g/mol. The smallest absolute Gasteiger partial charge is 0.317 e. The molecule has 0 aromatic rings. The molecule has 2 heterocycles. The molecule has 0 spiro atoms.